The monoisotopic (exact) mass is 493 g/mol. The van der Waals surface area contributed by atoms with Crippen molar-refractivity contribution < 1.29 is 27.4 Å². The number of halogens is 3. The largest absolute Gasteiger partial charge is 0.467 e. The number of amides is 1. The van der Waals surface area contributed by atoms with Crippen molar-refractivity contribution in [3.8, 4) is 6.01 Å². The Balaban J connectivity index is 1.47. The van der Waals surface area contributed by atoms with Gasteiger partial charge in [-0.15, -0.1) is 0 Å². The number of alkyl halides is 3. The zero-order valence-electron chi connectivity index (χ0n) is 19.8. The van der Waals surface area contributed by atoms with Crippen LogP contribution in [-0.2, 0) is 10.9 Å². The second-order valence-corrected chi connectivity index (χ2v) is 8.86. The summed E-state index contributed by atoms with van der Waals surface area (Å²) in [5.74, 6) is -0.0320. The topological polar surface area (TPSA) is 88.6 Å². The first-order chi connectivity index (χ1) is 16.7. The summed E-state index contributed by atoms with van der Waals surface area (Å²) < 4.78 is 49.9. The third kappa shape index (κ3) is 6.21. The van der Waals surface area contributed by atoms with Crippen LogP contribution < -0.4 is 15.4 Å². The highest BCUT2D eigenvalue weighted by atomic mass is 19.4. The molecular weight excluding hydrogens is 463 g/mol. The van der Waals surface area contributed by atoms with Gasteiger partial charge in [-0.2, -0.15) is 23.1 Å². The molecule has 1 aromatic heterocycles. The lowest BCUT2D eigenvalue weighted by molar-refractivity contribution is -0.137. The molecule has 2 aliphatic heterocycles. The molecule has 0 unspecified atom stereocenters. The maximum Gasteiger partial charge on any atom is 0.416 e. The Labute approximate surface area is 202 Å². The van der Waals surface area contributed by atoms with Crippen LogP contribution in [-0.4, -0.2) is 66.3 Å². The number of hydrogen-bond donors (Lipinski definition) is 2. The summed E-state index contributed by atoms with van der Waals surface area (Å²) >= 11 is 0. The van der Waals surface area contributed by atoms with Crippen molar-refractivity contribution in [3.63, 3.8) is 0 Å². The number of carbonyl (C=O) groups is 1. The Morgan fingerprint density at radius 1 is 1.11 bits per heavy atom. The fourth-order valence-electron chi connectivity index (χ4n) is 4.42. The molecule has 190 valence electrons. The van der Waals surface area contributed by atoms with Crippen molar-refractivity contribution in [1.82, 2.24) is 20.2 Å². The first-order valence-electron chi connectivity index (χ1n) is 11.7. The quantitative estimate of drug-likeness (QED) is 0.631. The van der Waals surface area contributed by atoms with Gasteiger partial charge in [-0.05, 0) is 50.8 Å². The van der Waals surface area contributed by atoms with E-state index in [2.05, 4.69) is 20.6 Å². The second kappa shape index (κ2) is 10.8. The maximum atomic E-state index is 13.3. The van der Waals surface area contributed by atoms with E-state index in [4.69, 9.17) is 9.47 Å². The summed E-state index contributed by atoms with van der Waals surface area (Å²) in [5, 5.41) is 6.57. The number of nitrogens with zero attached hydrogens (tertiary/aromatic N) is 3. The number of aromatic nitrogens is 2. The Bertz CT molecular complexity index is 1040. The fraction of sp³-hybridized carbons (Fsp3) is 0.542. The SMILES string of the molecule is COc1nc(Nc2cccc(C(F)(F)F)c2)c(C)c(C(=O)N2CCC(NC3CCOCC3)CC2)n1. The number of rotatable bonds is 6. The number of benzene rings is 1. The van der Waals surface area contributed by atoms with Gasteiger partial charge in [0.1, 0.15) is 11.5 Å². The number of ether oxygens (including phenoxy) is 2. The van der Waals surface area contributed by atoms with Crippen molar-refractivity contribution in [3.05, 3.63) is 41.1 Å². The van der Waals surface area contributed by atoms with Crippen molar-refractivity contribution in [2.75, 3.05) is 38.7 Å². The molecule has 3 heterocycles. The third-order valence-electron chi connectivity index (χ3n) is 6.44. The van der Waals surface area contributed by atoms with E-state index in [0.717, 1.165) is 51.0 Å². The minimum atomic E-state index is -4.47. The maximum absolute atomic E-state index is 13.3. The normalized spacial score (nSPS) is 17.9. The van der Waals surface area contributed by atoms with Crippen LogP contribution in [0.3, 0.4) is 0 Å². The van der Waals surface area contributed by atoms with Gasteiger partial charge in [-0.25, -0.2) is 0 Å². The number of methoxy groups -OCH3 is 1. The van der Waals surface area contributed by atoms with Gasteiger partial charge in [-0.1, -0.05) is 6.07 Å². The Morgan fingerprint density at radius 3 is 2.46 bits per heavy atom. The van der Waals surface area contributed by atoms with Gasteiger partial charge in [0.2, 0.25) is 0 Å². The summed E-state index contributed by atoms with van der Waals surface area (Å²) in [6.45, 7) is 4.40. The van der Waals surface area contributed by atoms with E-state index in [0.29, 0.717) is 30.7 Å². The molecule has 1 aromatic carbocycles. The van der Waals surface area contributed by atoms with Gasteiger partial charge in [0, 0.05) is 49.6 Å². The Hall–Kier alpha value is -2.92. The van der Waals surface area contributed by atoms with Crippen LogP contribution in [0.2, 0.25) is 0 Å². The molecule has 2 fully saturated rings. The highest BCUT2D eigenvalue weighted by Gasteiger charge is 2.31. The van der Waals surface area contributed by atoms with E-state index in [1.807, 2.05) is 0 Å². The first kappa shape index (κ1) is 25.2. The number of nitrogens with one attached hydrogen (secondary N) is 2. The molecule has 8 nitrogen and oxygen atoms in total. The van der Waals surface area contributed by atoms with E-state index in [1.165, 1.54) is 19.2 Å². The lowest BCUT2D eigenvalue weighted by Crippen LogP contribution is -2.49. The zero-order valence-corrected chi connectivity index (χ0v) is 19.8. The molecule has 2 N–H and O–H groups in total. The molecule has 1 amide bonds. The lowest BCUT2D eigenvalue weighted by Gasteiger charge is -2.35. The molecule has 2 aliphatic rings. The molecule has 11 heteroatoms. The summed E-state index contributed by atoms with van der Waals surface area (Å²) in [6.07, 6.45) is -0.802. The second-order valence-electron chi connectivity index (χ2n) is 8.86. The van der Waals surface area contributed by atoms with Gasteiger partial charge in [0.15, 0.2) is 0 Å². The molecular formula is C24H30F3N5O3. The van der Waals surface area contributed by atoms with Gasteiger partial charge >= 0.3 is 12.2 Å². The zero-order chi connectivity index (χ0) is 25.0. The first-order valence-corrected chi connectivity index (χ1v) is 11.7. The third-order valence-corrected chi connectivity index (χ3v) is 6.44. The summed E-state index contributed by atoms with van der Waals surface area (Å²) in [6, 6.07) is 5.56. The van der Waals surface area contributed by atoms with Crippen LogP contribution >= 0.6 is 0 Å². The fourth-order valence-corrected chi connectivity index (χ4v) is 4.42. The summed E-state index contributed by atoms with van der Waals surface area (Å²) in [5.41, 5.74) is 0.0228. The Morgan fingerprint density at radius 2 is 1.80 bits per heavy atom. The smallest absolute Gasteiger partial charge is 0.416 e. The van der Waals surface area contributed by atoms with E-state index in [9.17, 15) is 18.0 Å². The van der Waals surface area contributed by atoms with Crippen LogP contribution in [0, 0.1) is 6.92 Å². The van der Waals surface area contributed by atoms with Gasteiger partial charge < -0.3 is 25.0 Å². The summed E-state index contributed by atoms with van der Waals surface area (Å²) in [7, 11) is 1.38. The van der Waals surface area contributed by atoms with Crippen LogP contribution in [0.25, 0.3) is 0 Å². The van der Waals surface area contributed by atoms with Gasteiger partial charge in [0.05, 0.1) is 12.7 Å². The van der Waals surface area contributed by atoms with Gasteiger partial charge in [0.25, 0.3) is 5.91 Å². The number of carbonyl (C=O) groups excluding carboxylic acids is 1. The van der Waals surface area contributed by atoms with Crippen molar-refractivity contribution in [2.24, 2.45) is 0 Å². The average Bonchev–Trinajstić information content (AvgIpc) is 2.85. The lowest BCUT2D eigenvalue weighted by atomic mass is 10.0. The van der Waals surface area contributed by atoms with E-state index in [1.54, 1.807) is 11.8 Å². The molecule has 0 saturated carbocycles. The molecule has 0 spiro atoms. The van der Waals surface area contributed by atoms with Crippen LogP contribution in [0.4, 0.5) is 24.7 Å². The molecule has 35 heavy (non-hydrogen) atoms. The molecule has 0 atom stereocenters. The molecule has 4 rings (SSSR count). The van der Waals surface area contributed by atoms with Crippen molar-refractivity contribution in [2.45, 2.75) is 50.9 Å². The van der Waals surface area contributed by atoms with Crippen molar-refractivity contribution >= 4 is 17.4 Å². The van der Waals surface area contributed by atoms with Gasteiger partial charge in [-0.3, -0.25) is 4.79 Å². The molecule has 2 saturated heterocycles. The predicted molar refractivity (Wildman–Crippen MR) is 124 cm³/mol. The number of anilines is 2. The standard InChI is InChI=1S/C24H30F3N5O3/c1-15-20(22(33)32-10-6-17(7-11-32)28-18-8-12-35-13-9-18)30-23(34-2)31-21(15)29-19-5-3-4-16(14-19)24(25,26)27/h3-5,14,17-18,28H,6-13H2,1-2H3,(H,29,30,31). The van der Waals surface area contributed by atoms with E-state index in [-0.39, 0.29) is 29.1 Å². The molecule has 0 aliphatic carbocycles. The van der Waals surface area contributed by atoms with Crippen LogP contribution in [0.1, 0.15) is 47.3 Å². The Kier molecular flexibility index (Phi) is 7.75. The highest BCUT2D eigenvalue weighted by molar-refractivity contribution is 5.95. The average molecular weight is 494 g/mol. The van der Waals surface area contributed by atoms with Crippen molar-refractivity contribution in [1.29, 1.82) is 0 Å². The number of likely N-dealkylation sites (tertiary alicyclic amines) is 1. The molecule has 2 aromatic rings. The predicted octanol–water partition coefficient (Wildman–Crippen LogP) is 3.93. The number of piperidine rings is 1. The van der Waals surface area contributed by atoms with Crippen LogP contribution in [0.5, 0.6) is 6.01 Å². The highest BCUT2D eigenvalue weighted by Crippen LogP contribution is 2.32. The summed E-state index contributed by atoms with van der Waals surface area (Å²) in [4.78, 5) is 23.6. The van der Waals surface area contributed by atoms with Crippen LogP contribution in [0.15, 0.2) is 24.3 Å². The minimum Gasteiger partial charge on any atom is -0.467 e. The minimum absolute atomic E-state index is 0.0375. The van der Waals surface area contributed by atoms with E-state index < -0.39 is 11.7 Å². The molecule has 0 radical (unpaired) electrons. The molecule has 0 bridgehead atoms. The van der Waals surface area contributed by atoms with E-state index >= 15 is 0 Å². The number of hydrogen-bond acceptors (Lipinski definition) is 7.